The number of alkyl halides is 3. The minimum absolute atomic E-state index is 0.0129. The maximum atomic E-state index is 13.5. The second kappa shape index (κ2) is 9.61. The van der Waals surface area contributed by atoms with E-state index in [2.05, 4.69) is 5.32 Å². The van der Waals surface area contributed by atoms with E-state index in [1.807, 2.05) is 0 Å². The minimum Gasteiger partial charge on any atom is -0.355 e. The van der Waals surface area contributed by atoms with Gasteiger partial charge in [-0.15, -0.1) is 0 Å². The molecule has 0 atom stereocenters. The van der Waals surface area contributed by atoms with Crippen LogP contribution in [-0.2, 0) is 17.5 Å². The molecule has 3 aromatic rings. The summed E-state index contributed by atoms with van der Waals surface area (Å²) in [5.74, 6) is -0.690. The Balaban J connectivity index is 1.68. The molecule has 1 aliphatic rings. The van der Waals surface area contributed by atoms with E-state index in [1.54, 1.807) is 42.5 Å². The number of rotatable bonds is 5. The Bertz CT molecular complexity index is 1450. The van der Waals surface area contributed by atoms with Crippen LogP contribution in [0.25, 0.3) is 0 Å². The average molecular weight is 547 g/mol. The molecule has 0 aliphatic carbocycles. The van der Waals surface area contributed by atoms with Crippen molar-refractivity contribution in [3.8, 4) is 6.07 Å². The van der Waals surface area contributed by atoms with Gasteiger partial charge in [-0.3, -0.25) is 4.79 Å². The lowest BCUT2D eigenvalue weighted by Crippen LogP contribution is -2.43. The first-order chi connectivity index (χ1) is 17.3. The predicted molar refractivity (Wildman–Crippen MR) is 135 cm³/mol. The number of nitriles is 1. The lowest BCUT2D eigenvalue weighted by molar-refractivity contribution is -0.137. The summed E-state index contributed by atoms with van der Waals surface area (Å²) >= 11 is 12.1. The molecule has 1 heterocycles. The highest BCUT2D eigenvalue weighted by atomic mass is 35.5. The lowest BCUT2D eigenvalue weighted by Gasteiger charge is -2.28. The van der Waals surface area contributed by atoms with Crippen molar-refractivity contribution in [1.82, 2.24) is 4.90 Å². The Kier molecular flexibility index (Phi) is 6.84. The molecule has 37 heavy (non-hydrogen) atoms. The van der Waals surface area contributed by atoms with E-state index in [-0.39, 0.29) is 12.2 Å². The molecule has 1 aliphatic heterocycles. The third-order valence-electron chi connectivity index (χ3n) is 6.06. The third-order valence-corrected chi connectivity index (χ3v) is 6.79. The van der Waals surface area contributed by atoms with Gasteiger partial charge in [-0.1, -0.05) is 41.4 Å². The molecule has 1 saturated heterocycles. The summed E-state index contributed by atoms with van der Waals surface area (Å²) in [6.07, 6.45) is -4.84. The number of hydrogen-bond acceptors (Lipinski definition) is 4. The Morgan fingerprint density at radius 1 is 1.00 bits per heavy atom. The van der Waals surface area contributed by atoms with Crippen LogP contribution in [0, 0.1) is 11.3 Å². The number of urea groups is 1. The van der Waals surface area contributed by atoms with E-state index in [1.165, 1.54) is 24.8 Å². The number of carbonyl (C=O) groups is 2. The Hall–Kier alpha value is -3.74. The summed E-state index contributed by atoms with van der Waals surface area (Å²) in [4.78, 5) is 28.7. The van der Waals surface area contributed by atoms with Gasteiger partial charge in [0.25, 0.3) is 5.91 Å². The Morgan fingerprint density at radius 3 is 2.35 bits per heavy atom. The van der Waals surface area contributed by atoms with Gasteiger partial charge in [-0.05, 0) is 61.9 Å². The number of imide groups is 1. The number of halogens is 5. The van der Waals surface area contributed by atoms with Gasteiger partial charge in [0.1, 0.15) is 5.54 Å². The van der Waals surface area contributed by atoms with Crippen LogP contribution in [0.3, 0.4) is 0 Å². The molecule has 1 fully saturated rings. The van der Waals surface area contributed by atoms with Crippen LogP contribution in [0.2, 0.25) is 10.0 Å². The second-order valence-electron chi connectivity index (χ2n) is 8.82. The zero-order chi connectivity index (χ0) is 27.1. The first-order valence-electron chi connectivity index (χ1n) is 10.9. The molecular weight excluding hydrogens is 528 g/mol. The van der Waals surface area contributed by atoms with Crippen molar-refractivity contribution < 1.29 is 22.8 Å². The number of nitrogens with one attached hydrogen (secondary N) is 1. The van der Waals surface area contributed by atoms with Gasteiger partial charge in [-0.2, -0.15) is 18.4 Å². The zero-order valence-corrected chi connectivity index (χ0v) is 21.0. The van der Waals surface area contributed by atoms with Gasteiger partial charge < -0.3 is 10.2 Å². The van der Waals surface area contributed by atoms with Crippen molar-refractivity contribution in [2.24, 2.45) is 0 Å². The molecule has 0 spiro atoms. The molecule has 0 bridgehead atoms. The summed E-state index contributed by atoms with van der Waals surface area (Å²) in [6.45, 7) is 3.04. The van der Waals surface area contributed by atoms with E-state index in [0.29, 0.717) is 37.9 Å². The van der Waals surface area contributed by atoms with Crippen molar-refractivity contribution >= 4 is 52.2 Å². The number of para-hydroxylation sites is 1. The summed E-state index contributed by atoms with van der Waals surface area (Å²) in [5, 5.41) is 13.0. The van der Waals surface area contributed by atoms with Crippen LogP contribution in [0.15, 0.2) is 60.7 Å². The lowest BCUT2D eigenvalue weighted by atomic mass is 10.0. The summed E-state index contributed by atoms with van der Waals surface area (Å²) in [6, 6.07) is 15.5. The maximum Gasteiger partial charge on any atom is 0.417 e. The van der Waals surface area contributed by atoms with Crippen LogP contribution in [0.1, 0.15) is 30.5 Å². The molecule has 1 N–H and O–H groups in total. The van der Waals surface area contributed by atoms with Crippen molar-refractivity contribution in [2.45, 2.75) is 32.1 Å². The monoisotopic (exact) mass is 546 g/mol. The molecule has 4 rings (SSSR count). The summed E-state index contributed by atoms with van der Waals surface area (Å²) < 4.78 is 40.5. The molecule has 6 nitrogen and oxygen atoms in total. The predicted octanol–water partition coefficient (Wildman–Crippen LogP) is 7.37. The summed E-state index contributed by atoms with van der Waals surface area (Å²) in [7, 11) is 0. The number of carbonyl (C=O) groups excluding carboxylic acids is 2. The van der Waals surface area contributed by atoms with Gasteiger partial charge >= 0.3 is 12.2 Å². The number of hydrogen-bond donors (Lipinski definition) is 1. The van der Waals surface area contributed by atoms with Crippen LogP contribution in [0.4, 0.5) is 35.0 Å². The van der Waals surface area contributed by atoms with Gasteiger partial charge in [0.05, 0.1) is 39.5 Å². The fraction of sp³-hybridized carbons (Fsp3) is 0.192. The molecule has 0 unspecified atom stereocenters. The molecule has 0 aromatic heterocycles. The molecular formula is C26H19Cl2F3N4O2. The number of amides is 3. The van der Waals surface area contributed by atoms with Gasteiger partial charge in [0.2, 0.25) is 0 Å². The number of benzene rings is 3. The quantitative estimate of drug-likeness (QED) is 0.339. The smallest absolute Gasteiger partial charge is 0.355 e. The second-order valence-corrected chi connectivity index (χ2v) is 9.63. The number of anilines is 3. The van der Waals surface area contributed by atoms with E-state index in [9.17, 15) is 22.8 Å². The minimum atomic E-state index is -4.84. The van der Waals surface area contributed by atoms with Crippen LogP contribution < -0.4 is 10.2 Å². The molecule has 11 heteroatoms. The van der Waals surface area contributed by atoms with Gasteiger partial charge in [0.15, 0.2) is 0 Å². The fourth-order valence-corrected chi connectivity index (χ4v) is 4.31. The van der Waals surface area contributed by atoms with Gasteiger partial charge in [0, 0.05) is 11.4 Å². The molecule has 3 amide bonds. The van der Waals surface area contributed by atoms with Crippen LogP contribution in [0.5, 0.6) is 0 Å². The highest BCUT2D eigenvalue weighted by Gasteiger charge is 2.52. The van der Waals surface area contributed by atoms with E-state index in [4.69, 9.17) is 28.5 Å². The third kappa shape index (κ3) is 4.95. The van der Waals surface area contributed by atoms with E-state index >= 15 is 0 Å². The standard InChI is InChI=1S/C26H19Cl2F3N4O2/c1-25(2)23(36)35(18-9-7-15(13-32)19(12-18)26(29,30)31)24(37)34(25)14-16-5-3-4-6-22(16)33-17-8-10-20(27)21(28)11-17/h3-12,33H,14H2,1-2H3. The molecule has 0 saturated carbocycles. The Labute approximate surface area is 220 Å². The largest absolute Gasteiger partial charge is 0.417 e. The Morgan fingerprint density at radius 2 is 1.70 bits per heavy atom. The molecule has 190 valence electrons. The molecule has 0 radical (unpaired) electrons. The van der Waals surface area contributed by atoms with Crippen molar-refractivity contribution in [1.29, 1.82) is 5.26 Å². The number of nitrogens with zero attached hydrogens (tertiary/aromatic N) is 3. The first-order valence-corrected chi connectivity index (χ1v) is 11.7. The fourth-order valence-electron chi connectivity index (χ4n) is 4.01. The van der Waals surface area contributed by atoms with Gasteiger partial charge in [-0.25, -0.2) is 9.69 Å². The van der Waals surface area contributed by atoms with E-state index < -0.39 is 34.8 Å². The highest BCUT2D eigenvalue weighted by Crippen LogP contribution is 2.39. The van der Waals surface area contributed by atoms with Crippen molar-refractivity contribution in [2.75, 3.05) is 10.2 Å². The van der Waals surface area contributed by atoms with E-state index in [0.717, 1.165) is 12.1 Å². The first kappa shape index (κ1) is 26.3. The van der Waals surface area contributed by atoms with Crippen molar-refractivity contribution in [3.63, 3.8) is 0 Å². The maximum absolute atomic E-state index is 13.5. The normalized spacial score (nSPS) is 15.2. The SMILES string of the molecule is CC1(C)C(=O)N(c2ccc(C#N)c(C(F)(F)F)c2)C(=O)N1Cc1ccccc1Nc1ccc(Cl)c(Cl)c1. The molecule has 3 aromatic carbocycles. The summed E-state index contributed by atoms with van der Waals surface area (Å²) in [5.41, 5.74) is -1.52. The van der Waals surface area contributed by atoms with Crippen LogP contribution in [-0.4, -0.2) is 22.4 Å². The highest BCUT2D eigenvalue weighted by molar-refractivity contribution is 6.42. The van der Waals surface area contributed by atoms with Crippen LogP contribution >= 0.6 is 23.2 Å². The topological polar surface area (TPSA) is 76.4 Å². The zero-order valence-electron chi connectivity index (χ0n) is 19.5. The van der Waals surface area contributed by atoms with Crippen molar-refractivity contribution in [3.05, 3.63) is 87.4 Å². The average Bonchev–Trinajstić information content (AvgIpc) is 3.00.